The van der Waals surface area contributed by atoms with Crippen LogP contribution in [0.25, 0.3) is 58.6 Å². The number of rotatable bonds is 4. The highest BCUT2D eigenvalue weighted by Crippen LogP contribution is 2.43. The second kappa shape index (κ2) is 9.10. The second-order valence-corrected chi connectivity index (χ2v) is 11.8. The van der Waals surface area contributed by atoms with Crippen LogP contribution < -0.4 is 5.01 Å². The first kappa shape index (κ1) is 23.4. The van der Waals surface area contributed by atoms with Gasteiger partial charge in [-0.15, -0.1) is 11.3 Å². The van der Waals surface area contributed by atoms with E-state index in [1.54, 1.807) is 0 Å². The maximum atomic E-state index is 2.44. The summed E-state index contributed by atoms with van der Waals surface area (Å²) in [6.07, 6.45) is 2.20. The molecule has 3 heterocycles. The Hall–Kier alpha value is -5.32. The molecule has 0 amide bonds. The van der Waals surface area contributed by atoms with Gasteiger partial charge in [-0.3, -0.25) is 0 Å². The number of anilines is 2. The lowest BCUT2D eigenvalue weighted by atomic mass is 10.1. The molecule has 0 spiro atoms. The standard InChI is InChI=1S/C38H25N3S/c1-4-12-26(13-5-1)39-23-22-31-34(39)21-20-30-32-24-33-29-18-10-11-19-36(29)42-37(33)25-35(32)41(38(30)31)40(27-14-6-2-7-15-27)28-16-8-3-9-17-28/h1-25H. The molecule has 0 aliphatic heterocycles. The van der Waals surface area contributed by atoms with E-state index < -0.39 is 0 Å². The maximum Gasteiger partial charge on any atom is 0.0810 e. The molecule has 0 bridgehead atoms. The van der Waals surface area contributed by atoms with Crippen LogP contribution in [0.15, 0.2) is 152 Å². The Labute approximate surface area is 246 Å². The Morgan fingerprint density at radius 2 is 1.12 bits per heavy atom. The van der Waals surface area contributed by atoms with Crippen molar-refractivity contribution < 1.29 is 0 Å². The van der Waals surface area contributed by atoms with Crippen molar-refractivity contribution in [3.63, 3.8) is 0 Å². The zero-order valence-corrected chi connectivity index (χ0v) is 23.5. The van der Waals surface area contributed by atoms with Crippen LogP contribution in [0.1, 0.15) is 0 Å². The molecule has 3 nitrogen and oxygen atoms in total. The van der Waals surface area contributed by atoms with E-state index in [4.69, 9.17) is 0 Å². The first-order valence-electron chi connectivity index (χ1n) is 14.2. The zero-order valence-electron chi connectivity index (χ0n) is 22.7. The fourth-order valence-electron chi connectivity index (χ4n) is 6.46. The molecule has 9 rings (SSSR count). The van der Waals surface area contributed by atoms with Gasteiger partial charge in [0.05, 0.1) is 27.9 Å². The molecule has 0 fully saturated rings. The van der Waals surface area contributed by atoms with Gasteiger partial charge in [0.25, 0.3) is 0 Å². The van der Waals surface area contributed by atoms with Crippen molar-refractivity contribution >= 4 is 75.6 Å². The van der Waals surface area contributed by atoms with Gasteiger partial charge in [-0.2, -0.15) is 0 Å². The van der Waals surface area contributed by atoms with E-state index in [1.165, 1.54) is 52.9 Å². The minimum absolute atomic E-state index is 1.11. The molecule has 0 atom stereocenters. The van der Waals surface area contributed by atoms with Gasteiger partial charge in [0.1, 0.15) is 0 Å². The van der Waals surface area contributed by atoms with E-state index in [2.05, 4.69) is 166 Å². The van der Waals surface area contributed by atoms with E-state index in [-0.39, 0.29) is 0 Å². The van der Waals surface area contributed by atoms with Gasteiger partial charge in [0.15, 0.2) is 0 Å². The van der Waals surface area contributed by atoms with Crippen molar-refractivity contribution in [2.75, 3.05) is 5.01 Å². The third kappa shape index (κ3) is 3.39. The second-order valence-electron chi connectivity index (χ2n) is 10.7. The number of nitrogens with zero attached hydrogens (tertiary/aromatic N) is 3. The molecule has 4 heteroatoms. The van der Waals surface area contributed by atoms with Crippen LogP contribution in [0.3, 0.4) is 0 Å². The highest BCUT2D eigenvalue weighted by Gasteiger charge is 2.23. The Kier molecular flexibility index (Phi) is 5.07. The Morgan fingerprint density at radius 1 is 0.452 bits per heavy atom. The summed E-state index contributed by atoms with van der Waals surface area (Å²) in [5, 5.41) is 8.72. The minimum Gasteiger partial charge on any atom is -0.316 e. The molecule has 0 radical (unpaired) electrons. The van der Waals surface area contributed by atoms with Gasteiger partial charge in [-0.1, -0.05) is 72.8 Å². The first-order chi connectivity index (χ1) is 20.8. The Morgan fingerprint density at radius 3 is 1.86 bits per heavy atom. The molecule has 0 N–H and O–H groups in total. The number of para-hydroxylation sites is 3. The fourth-order valence-corrected chi connectivity index (χ4v) is 7.58. The van der Waals surface area contributed by atoms with Crippen molar-refractivity contribution in [3.05, 3.63) is 152 Å². The summed E-state index contributed by atoms with van der Waals surface area (Å²) in [7, 11) is 0. The zero-order chi connectivity index (χ0) is 27.6. The summed E-state index contributed by atoms with van der Waals surface area (Å²) < 4.78 is 7.35. The van der Waals surface area contributed by atoms with Crippen LogP contribution in [-0.2, 0) is 0 Å². The van der Waals surface area contributed by atoms with Crippen molar-refractivity contribution in [1.82, 2.24) is 9.24 Å². The number of hydrogen-bond acceptors (Lipinski definition) is 2. The molecule has 3 aromatic heterocycles. The lowest BCUT2D eigenvalue weighted by molar-refractivity contribution is 0.889. The van der Waals surface area contributed by atoms with Gasteiger partial charge in [0, 0.05) is 48.2 Å². The number of aromatic nitrogens is 2. The number of hydrogen-bond donors (Lipinski definition) is 0. The van der Waals surface area contributed by atoms with Crippen LogP contribution in [0, 0.1) is 0 Å². The molecular formula is C38H25N3S. The number of thiophene rings is 1. The monoisotopic (exact) mass is 555 g/mol. The molecule has 6 aromatic carbocycles. The van der Waals surface area contributed by atoms with Gasteiger partial charge >= 0.3 is 0 Å². The van der Waals surface area contributed by atoms with Gasteiger partial charge in [-0.05, 0) is 72.8 Å². The lowest BCUT2D eigenvalue weighted by Crippen LogP contribution is -2.24. The van der Waals surface area contributed by atoms with E-state index in [0.717, 1.165) is 17.1 Å². The smallest absolute Gasteiger partial charge is 0.0810 e. The predicted molar refractivity (Wildman–Crippen MR) is 180 cm³/mol. The van der Waals surface area contributed by atoms with Crippen molar-refractivity contribution in [1.29, 1.82) is 0 Å². The molecule has 0 unspecified atom stereocenters. The summed E-state index contributed by atoms with van der Waals surface area (Å²) in [6, 6.07) is 52.4. The van der Waals surface area contributed by atoms with E-state index in [1.807, 2.05) is 11.3 Å². The Bertz CT molecular complexity index is 2360. The van der Waals surface area contributed by atoms with Crippen LogP contribution in [0.2, 0.25) is 0 Å². The normalized spacial score (nSPS) is 11.8. The molecule has 0 aliphatic carbocycles. The quantitative estimate of drug-likeness (QED) is 0.210. The summed E-state index contributed by atoms with van der Waals surface area (Å²) in [6.45, 7) is 0. The largest absolute Gasteiger partial charge is 0.316 e. The molecule has 0 saturated carbocycles. The third-order valence-electron chi connectivity index (χ3n) is 8.30. The SMILES string of the molecule is c1ccc(N(c2ccccc2)n2c3cc4sc5ccccc5c4cc3c3ccc4c(ccn4-c4ccccc4)c32)cc1. The molecule has 42 heavy (non-hydrogen) atoms. The maximum absolute atomic E-state index is 2.44. The average Bonchev–Trinajstić information content (AvgIpc) is 3.74. The van der Waals surface area contributed by atoms with Crippen molar-refractivity contribution in [2.45, 2.75) is 0 Å². The van der Waals surface area contributed by atoms with Crippen molar-refractivity contribution in [2.24, 2.45) is 0 Å². The first-order valence-corrected chi connectivity index (χ1v) is 15.0. The summed E-state index contributed by atoms with van der Waals surface area (Å²) in [5.74, 6) is 0. The van der Waals surface area contributed by atoms with Gasteiger partial charge in [-0.25, -0.2) is 9.69 Å². The Balaban J connectivity index is 1.46. The summed E-state index contributed by atoms with van der Waals surface area (Å²) in [5.41, 5.74) is 6.95. The average molecular weight is 556 g/mol. The fraction of sp³-hybridized carbons (Fsp3) is 0. The van der Waals surface area contributed by atoms with Crippen LogP contribution in [-0.4, -0.2) is 9.24 Å². The number of fused-ring (bicyclic) bond motifs is 8. The van der Waals surface area contributed by atoms with Crippen LogP contribution in [0.4, 0.5) is 11.4 Å². The lowest BCUT2D eigenvalue weighted by Gasteiger charge is -2.28. The molecule has 9 aromatic rings. The number of benzene rings is 6. The van der Waals surface area contributed by atoms with Crippen LogP contribution in [0.5, 0.6) is 0 Å². The van der Waals surface area contributed by atoms with Crippen LogP contribution >= 0.6 is 11.3 Å². The highest BCUT2D eigenvalue weighted by atomic mass is 32.1. The topological polar surface area (TPSA) is 13.1 Å². The molecular weight excluding hydrogens is 531 g/mol. The summed E-state index contributed by atoms with van der Waals surface area (Å²) in [4.78, 5) is 0. The summed E-state index contributed by atoms with van der Waals surface area (Å²) >= 11 is 1.87. The third-order valence-corrected chi connectivity index (χ3v) is 9.44. The van der Waals surface area contributed by atoms with Crippen molar-refractivity contribution in [3.8, 4) is 5.69 Å². The van der Waals surface area contributed by atoms with E-state index >= 15 is 0 Å². The molecule has 0 aliphatic rings. The predicted octanol–water partition coefficient (Wildman–Crippen LogP) is 10.7. The van der Waals surface area contributed by atoms with E-state index in [0.29, 0.717) is 0 Å². The molecule has 0 saturated heterocycles. The van der Waals surface area contributed by atoms with E-state index in [9.17, 15) is 0 Å². The minimum atomic E-state index is 1.11. The highest BCUT2D eigenvalue weighted by molar-refractivity contribution is 7.25. The van der Waals surface area contributed by atoms with Gasteiger partial charge in [0.2, 0.25) is 0 Å². The molecule has 198 valence electrons. The van der Waals surface area contributed by atoms with Gasteiger partial charge < -0.3 is 4.57 Å².